The van der Waals surface area contributed by atoms with Crippen LogP contribution in [0.1, 0.15) is 41.5 Å². The topological polar surface area (TPSA) is 89.0 Å². The summed E-state index contributed by atoms with van der Waals surface area (Å²) in [6.45, 7) is 3.97. The number of hydrogen-bond acceptors (Lipinski definition) is 5. The van der Waals surface area contributed by atoms with Crippen molar-refractivity contribution in [3.05, 3.63) is 47.4 Å². The van der Waals surface area contributed by atoms with Gasteiger partial charge in [0.05, 0.1) is 17.2 Å². The largest absolute Gasteiger partial charge is 0.348 e. The molecule has 1 saturated heterocycles. The van der Waals surface area contributed by atoms with Crippen molar-refractivity contribution in [2.75, 3.05) is 11.5 Å². The van der Waals surface area contributed by atoms with Crippen molar-refractivity contribution < 1.29 is 13.2 Å². The highest BCUT2D eigenvalue weighted by molar-refractivity contribution is 7.91. The maximum Gasteiger partial charge on any atom is 0.251 e. The maximum atomic E-state index is 12.4. The van der Waals surface area contributed by atoms with Gasteiger partial charge in [-0.05, 0) is 37.5 Å². The SMILES string of the molecule is CCCc1cnc(C)nc1-c1ccc(C(=O)N[C@H]2CCS(=O)(=O)C2)cc1. The van der Waals surface area contributed by atoms with E-state index < -0.39 is 9.84 Å². The van der Waals surface area contributed by atoms with Gasteiger partial charge in [0.15, 0.2) is 9.84 Å². The highest BCUT2D eigenvalue weighted by atomic mass is 32.2. The van der Waals surface area contributed by atoms with E-state index >= 15 is 0 Å². The van der Waals surface area contributed by atoms with Gasteiger partial charge in [0.2, 0.25) is 0 Å². The Labute approximate surface area is 154 Å². The first kappa shape index (κ1) is 18.5. The van der Waals surface area contributed by atoms with Gasteiger partial charge >= 0.3 is 0 Å². The molecule has 1 N–H and O–H groups in total. The molecule has 1 amide bonds. The van der Waals surface area contributed by atoms with Crippen molar-refractivity contribution in [3.8, 4) is 11.3 Å². The van der Waals surface area contributed by atoms with Crippen LogP contribution < -0.4 is 5.32 Å². The van der Waals surface area contributed by atoms with Crippen LogP contribution in [0.3, 0.4) is 0 Å². The number of nitrogens with one attached hydrogen (secondary N) is 1. The van der Waals surface area contributed by atoms with E-state index in [-0.39, 0.29) is 23.5 Å². The average Bonchev–Trinajstić information content (AvgIpc) is 2.95. The first-order valence-electron chi connectivity index (χ1n) is 8.82. The van der Waals surface area contributed by atoms with Gasteiger partial charge in [-0.1, -0.05) is 25.5 Å². The zero-order valence-corrected chi connectivity index (χ0v) is 15.8. The molecule has 7 heteroatoms. The highest BCUT2D eigenvalue weighted by Gasteiger charge is 2.29. The van der Waals surface area contributed by atoms with E-state index in [2.05, 4.69) is 22.2 Å². The second kappa shape index (κ2) is 7.53. The fourth-order valence-electron chi connectivity index (χ4n) is 3.15. The Balaban J connectivity index is 1.76. The summed E-state index contributed by atoms with van der Waals surface area (Å²) in [4.78, 5) is 21.2. The molecule has 6 nitrogen and oxygen atoms in total. The van der Waals surface area contributed by atoms with Crippen molar-refractivity contribution in [2.45, 2.75) is 39.2 Å². The molecule has 1 aromatic heterocycles. The third kappa shape index (κ3) is 4.27. The van der Waals surface area contributed by atoms with Crippen LogP contribution >= 0.6 is 0 Å². The Morgan fingerprint density at radius 2 is 2.00 bits per heavy atom. The van der Waals surface area contributed by atoms with Gasteiger partial charge in [0.1, 0.15) is 5.82 Å². The molecular weight excluding hydrogens is 350 g/mol. The molecule has 2 aromatic rings. The van der Waals surface area contributed by atoms with Crippen molar-refractivity contribution >= 4 is 15.7 Å². The lowest BCUT2D eigenvalue weighted by Crippen LogP contribution is -2.35. The summed E-state index contributed by atoms with van der Waals surface area (Å²) in [7, 11) is -3.01. The predicted molar refractivity (Wildman–Crippen MR) is 101 cm³/mol. The van der Waals surface area contributed by atoms with Crippen LogP contribution in [0.4, 0.5) is 0 Å². The summed E-state index contributed by atoms with van der Waals surface area (Å²) in [6, 6.07) is 6.96. The lowest BCUT2D eigenvalue weighted by molar-refractivity contribution is 0.0941. The molecule has 0 saturated carbocycles. The third-order valence-electron chi connectivity index (χ3n) is 4.49. The molecule has 0 unspecified atom stereocenters. The van der Waals surface area contributed by atoms with Gasteiger partial charge in [0.25, 0.3) is 5.91 Å². The molecule has 1 aliphatic rings. The number of sulfone groups is 1. The molecule has 0 aliphatic carbocycles. The Kier molecular flexibility index (Phi) is 5.36. The van der Waals surface area contributed by atoms with Gasteiger partial charge in [-0.3, -0.25) is 4.79 Å². The number of carbonyl (C=O) groups is 1. The van der Waals surface area contributed by atoms with Crippen LogP contribution in [0.15, 0.2) is 30.5 Å². The Hall–Kier alpha value is -2.28. The van der Waals surface area contributed by atoms with E-state index in [0.29, 0.717) is 17.8 Å². The van der Waals surface area contributed by atoms with E-state index in [4.69, 9.17) is 0 Å². The quantitative estimate of drug-likeness (QED) is 0.869. The zero-order chi connectivity index (χ0) is 18.7. The van der Waals surface area contributed by atoms with E-state index in [1.807, 2.05) is 25.3 Å². The minimum absolute atomic E-state index is 0.0252. The summed E-state index contributed by atoms with van der Waals surface area (Å²) in [5.74, 6) is 0.636. The van der Waals surface area contributed by atoms with Crippen LogP contribution in [-0.4, -0.2) is 41.8 Å². The van der Waals surface area contributed by atoms with Gasteiger partial charge in [0, 0.05) is 23.4 Å². The van der Waals surface area contributed by atoms with Crippen LogP contribution in [-0.2, 0) is 16.3 Å². The summed E-state index contributed by atoms with van der Waals surface area (Å²) in [6.07, 6.45) is 4.24. The van der Waals surface area contributed by atoms with E-state index in [1.54, 1.807) is 12.1 Å². The van der Waals surface area contributed by atoms with Crippen molar-refractivity contribution in [2.24, 2.45) is 0 Å². The number of benzene rings is 1. The zero-order valence-electron chi connectivity index (χ0n) is 15.0. The summed E-state index contributed by atoms with van der Waals surface area (Å²) in [5, 5.41) is 2.81. The highest BCUT2D eigenvalue weighted by Crippen LogP contribution is 2.23. The fourth-order valence-corrected chi connectivity index (χ4v) is 4.83. The van der Waals surface area contributed by atoms with E-state index in [0.717, 1.165) is 29.7 Å². The van der Waals surface area contributed by atoms with Crippen molar-refractivity contribution in [3.63, 3.8) is 0 Å². The molecule has 1 fully saturated rings. The molecule has 1 aliphatic heterocycles. The molecule has 1 aromatic carbocycles. The lowest BCUT2D eigenvalue weighted by atomic mass is 10.0. The van der Waals surface area contributed by atoms with Crippen LogP contribution in [0, 0.1) is 6.92 Å². The standard InChI is InChI=1S/C19H23N3O3S/c1-3-4-16-11-20-13(2)21-18(16)14-5-7-15(8-6-14)19(23)22-17-9-10-26(24,25)12-17/h5-8,11,17H,3-4,9-10,12H2,1-2H3,(H,22,23)/t17-/m0/s1. The molecule has 2 heterocycles. The minimum atomic E-state index is -3.01. The number of aromatic nitrogens is 2. The van der Waals surface area contributed by atoms with Crippen LogP contribution in [0.2, 0.25) is 0 Å². The average molecular weight is 373 g/mol. The van der Waals surface area contributed by atoms with Gasteiger partial charge < -0.3 is 5.32 Å². The Morgan fingerprint density at radius 3 is 2.62 bits per heavy atom. The van der Waals surface area contributed by atoms with E-state index in [1.165, 1.54) is 0 Å². The summed E-state index contributed by atoms with van der Waals surface area (Å²) < 4.78 is 23.0. The molecular formula is C19H23N3O3S. The number of rotatable bonds is 5. The van der Waals surface area contributed by atoms with Crippen molar-refractivity contribution in [1.82, 2.24) is 15.3 Å². The summed E-state index contributed by atoms with van der Waals surface area (Å²) in [5.41, 5.74) is 3.44. The number of hydrogen-bond donors (Lipinski definition) is 1. The molecule has 26 heavy (non-hydrogen) atoms. The second-order valence-electron chi connectivity index (χ2n) is 6.69. The van der Waals surface area contributed by atoms with Crippen LogP contribution in [0.25, 0.3) is 11.3 Å². The maximum absolute atomic E-state index is 12.4. The molecule has 1 atom stereocenters. The summed E-state index contributed by atoms with van der Waals surface area (Å²) >= 11 is 0. The number of carbonyl (C=O) groups excluding carboxylic acids is 1. The predicted octanol–water partition coefficient (Wildman–Crippen LogP) is 2.32. The third-order valence-corrected chi connectivity index (χ3v) is 6.26. The van der Waals surface area contributed by atoms with Crippen molar-refractivity contribution in [1.29, 1.82) is 0 Å². The molecule has 0 bridgehead atoms. The Bertz CT molecular complexity index is 908. The van der Waals surface area contributed by atoms with E-state index in [9.17, 15) is 13.2 Å². The first-order chi connectivity index (χ1) is 12.4. The first-order valence-corrected chi connectivity index (χ1v) is 10.6. The van der Waals surface area contributed by atoms with Gasteiger partial charge in [-0.15, -0.1) is 0 Å². The molecule has 0 radical (unpaired) electrons. The number of amides is 1. The van der Waals surface area contributed by atoms with Gasteiger partial charge in [-0.2, -0.15) is 0 Å². The monoisotopic (exact) mass is 373 g/mol. The smallest absolute Gasteiger partial charge is 0.251 e. The van der Waals surface area contributed by atoms with Gasteiger partial charge in [-0.25, -0.2) is 18.4 Å². The normalized spacial score (nSPS) is 18.6. The second-order valence-corrected chi connectivity index (χ2v) is 8.92. The number of aryl methyl sites for hydroxylation is 2. The minimum Gasteiger partial charge on any atom is -0.348 e. The fraction of sp³-hybridized carbons (Fsp3) is 0.421. The lowest BCUT2D eigenvalue weighted by Gasteiger charge is -2.12. The Morgan fingerprint density at radius 1 is 1.27 bits per heavy atom. The number of nitrogens with zero attached hydrogens (tertiary/aromatic N) is 2. The molecule has 0 spiro atoms. The van der Waals surface area contributed by atoms with Crippen LogP contribution in [0.5, 0.6) is 0 Å². The molecule has 138 valence electrons. The molecule has 3 rings (SSSR count).